The van der Waals surface area contributed by atoms with Gasteiger partial charge in [-0.25, -0.2) is 0 Å². The molecule has 0 aliphatic heterocycles. The van der Waals surface area contributed by atoms with Crippen molar-refractivity contribution >= 4 is 17.5 Å². The second-order valence-electron chi connectivity index (χ2n) is 4.24. The van der Waals surface area contributed by atoms with Gasteiger partial charge >= 0.3 is 0 Å². The van der Waals surface area contributed by atoms with Gasteiger partial charge in [-0.2, -0.15) is 0 Å². The molecule has 0 saturated heterocycles. The smallest absolute Gasteiger partial charge is 0.157 e. The summed E-state index contributed by atoms with van der Waals surface area (Å²) in [5.74, 6) is 0.914. The van der Waals surface area contributed by atoms with Gasteiger partial charge in [0.05, 0.1) is 6.54 Å². The van der Waals surface area contributed by atoms with Crippen molar-refractivity contribution in [3.8, 4) is 0 Å². The van der Waals surface area contributed by atoms with Crippen LogP contribution in [0, 0.1) is 0 Å². The average molecular weight is 263 g/mol. The lowest BCUT2D eigenvalue weighted by Gasteiger charge is -2.22. The third-order valence-corrected chi connectivity index (χ3v) is 3.82. The molecule has 0 saturated carbocycles. The first-order chi connectivity index (χ1) is 8.75. The summed E-state index contributed by atoms with van der Waals surface area (Å²) >= 11 is 1.70. The van der Waals surface area contributed by atoms with Gasteiger partial charge in [0.1, 0.15) is 0 Å². The largest absolute Gasteiger partial charge is 0.295 e. The van der Waals surface area contributed by atoms with E-state index in [9.17, 15) is 10.0 Å². The molecule has 0 radical (unpaired) electrons. The van der Waals surface area contributed by atoms with Crippen molar-refractivity contribution in [2.75, 3.05) is 12.3 Å². The van der Waals surface area contributed by atoms with Gasteiger partial charge in [-0.05, 0) is 25.0 Å². The van der Waals surface area contributed by atoms with E-state index in [1.54, 1.807) is 17.8 Å². The Hall–Kier alpha value is -1.26. The van der Waals surface area contributed by atoms with Crippen LogP contribution in [0.3, 0.4) is 0 Å². The van der Waals surface area contributed by atoms with Gasteiger partial charge in [0, 0.05) is 28.8 Å². The summed E-state index contributed by atoms with van der Waals surface area (Å²) < 4.78 is 0. The summed E-state index contributed by atoms with van der Waals surface area (Å²) in [6, 6.07) is 10.1. The zero-order valence-electron chi connectivity index (χ0n) is 10.2. The molecule has 0 spiro atoms. The Morgan fingerprint density at radius 2 is 2.00 bits per heavy atom. The lowest BCUT2D eigenvalue weighted by molar-refractivity contribution is -0.116. The van der Waals surface area contributed by atoms with Gasteiger partial charge in [-0.1, -0.05) is 18.2 Å². The molecule has 4 heteroatoms. The maximum Gasteiger partial charge on any atom is 0.157 e. The van der Waals surface area contributed by atoms with Crippen molar-refractivity contribution in [2.45, 2.75) is 24.2 Å². The molecule has 0 heterocycles. The SMILES string of the molecule is O=C1C=C(N(O)CCSc2ccccc2)CCC1. The molecule has 0 aromatic heterocycles. The van der Waals surface area contributed by atoms with Crippen molar-refractivity contribution in [1.82, 2.24) is 5.06 Å². The van der Waals surface area contributed by atoms with Crippen molar-refractivity contribution < 1.29 is 10.0 Å². The Morgan fingerprint density at radius 3 is 2.72 bits per heavy atom. The molecule has 1 aliphatic carbocycles. The fraction of sp³-hybridized carbons (Fsp3) is 0.357. The van der Waals surface area contributed by atoms with E-state index >= 15 is 0 Å². The number of hydrogen-bond donors (Lipinski definition) is 1. The number of hydroxylamine groups is 2. The van der Waals surface area contributed by atoms with E-state index in [1.807, 2.05) is 18.2 Å². The van der Waals surface area contributed by atoms with Crippen LogP contribution in [0.5, 0.6) is 0 Å². The van der Waals surface area contributed by atoms with Crippen LogP contribution < -0.4 is 0 Å². The molecular weight excluding hydrogens is 246 g/mol. The monoisotopic (exact) mass is 263 g/mol. The molecule has 0 unspecified atom stereocenters. The Morgan fingerprint density at radius 1 is 1.22 bits per heavy atom. The highest BCUT2D eigenvalue weighted by molar-refractivity contribution is 7.99. The van der Waals surface area contributed by atoms with E-state index < -0.39 is 0 Å². The predicted octanol–water partition coefficient (Wildman–Crippen LogP) is 3.11. The highest BCUT2D eigenvalue weighted by Gasteiger charge is 2.14. The van der Waals surface area contributed by atoms with Crippen LogP contribution in [0.1, 0.15) is 19.3 Å². The third kappa shape index (κ3) is 3.89. The number of carbonyl (C=O) groups is 1. The Balaban J connectivity index is 1.78. The van der Waals surface area contributed by atoms with Gasteiger partial charge < -0.3 is 0 Å². The molecule has 1 aromatic rings. The first-order valence-electron chi connectivity index (χ1n) is 6.13. The molecule has 1 aliphatic rings. The molecule has 3 nitrogen and oxygen atoms in total. The number of benzene rings is 1. The van der Waals surface area contributed by atoms with Crippen LogP contribution in [-0.2, 0) is 4.79 Å². The van der Waals surface area contributed by atoms with Crippen molar-refractivity contribution in [3.63, 3.8) is 0 Å². The van der Waals surface area contributed by atoms with Crippen LogP contribution >= 0.6 is 11.8 Å². The number of ketones is 1. The number of hydrogen-bond acceptors (Lipinski definition) is 4. The van der Waals surface area contributed by atoms with E-state index in [-0.39, 0.29) is 5.78 Å². The summed E-state index contributed by atoms with van der Waals surface area (Å²) in [5.41, 5.74) is 0.750. The van der Waals surface area contributed by atoms with Crippen molar-refractivity contribution in [2.24, 2.45) is 0 Å². The molecule has 2 rings (SSSR count). The molecule has 18 heavy (non-hydrogen) atoms. The maximum absolute atomic E-state index is 11.3. The Labute approximate surface area is 111 Å². The van der Waals surface area contributed by atoms with Crippen LogP contribution in [0.2, 0.25) is 0 Å². The van der Waals surface area contributed by atoms with Crippen LogP contribution in [0.4, 0.5) is 0 Å². The fourth-order valence-corrected chi connectivity index (χ4v) is 2.74. The Bertz CT molecular complexity index is 431. The predicted molar refractivity (Wildman–Crippen MR) is 72.6 cm³/mol. The molecular formula is C14H17NO2S. The number of thioether (sulfide) groups is 1. The summed E-state index contributed by atoms with van der Waals surface area (Å²) in [5, 5.41) is 11.1. The Kier molecular flexibility index (Phi) is 4.84. The molecule has 96 valence electrons. The minimum absolute atomic E-state index is 0.117. The minimum Gasteiger partial charge on any atom is -0.295 e. The highest BCUT2D eigenvalue weighted by atomic mass is 32.2. The van der Waals surface area contributed by atoms with Crippen LogP contribution in [-0.4, -0.2) is 28.4 Å². The standard InChI is InChI=1S/C14H17NO2S/c16-13-6-4-5-12(11-13)15(17)9-10-18-14-7-2-1-3-8-14/h1-3,7-8,11,17H,4-6,9-10H2. The van der Waals surface area contributed by atoms with E-state index in [4.69, 9.17) is 0 Å². The van der Waals surface area contributed by atoms with Gasteiger partial charge in [0.2, 0.25) is 0 Å². The summed E-state index contributed by atoms with van der Waals surface area (Å²) in [6.45, 7) is 0.540. The molecule has 0 atom stereocenters. The lowest BCUT2D eigenvalue weighted by atomic mass is 10.0. The van der Waals surface area contributed by atoms with E-state index in [0.29, 0.717) is 13.0 Å². The maximum atomic E-state index is 11.3. The second-order valence-corrected chi connectivity index (χ2v) is 5.41. The van der Waals surface area contributed by atoms with Gasteiger partial charge in [-0.3, -0.25) is 15.1 Å². The lowest BCUT2D eigenvalue weighted by Crippen LogP contribution is -2.24. The normalized spacial score (nSPS) is 15.4. The molecule has 0 amide bonds. The number of nitrogens with zero attached hydrogens (tertiary/aromatic N) is 1. The topological polar surface area (TPSA) is 40.5 Å². The van der Waals surface area contributed by atoms with E-state index in [1.165, 1.54) is 9.96 Å². The first kappa shape index (κ1) is 13.2. The number of carbonyl (C=O) groups excluding carboxylic acids is 1. The van der Waals surface area contributed by atoms with Gasteiger partial charge in [0.15, 0.2) is 5.78 Å². The zero-order valence-corrected chi connectivity index (χ0v) is 11.0. The minimum atomic E-state index is 0.117. The van der Waals surface area contributed by atoms with E-state index in [2.05, 4.69) is 12.1 Å². The highest BCUT2D eigenvalue weighted by Crippen LogP contribution is 2.20. The first-order valence-corrected chi connectivity index (χ1v) is 7.12. The van der Waals surface area contributed by atoms with Crippen LogP contribution in [0.25, 0.3) is 0 Å². The van der Waals surface area contributed by atoms with E-state index in [0.717, 1.165) is 24.3 Å². The second kappa shape index (κ2) is 6.61. The number of allylic oxidation sites excluding steroid dienone is 2. The third-order valence-electron chi connectivity index (χ3n) is 2.83. The van der Waals surface area contributed by atoms with Gasteiger partial charge in [-0.15, -0.1) is 11.8 Å². The molecule has 1 N–H and O–H groups in total. The summed E-state index contributed by atoms with van der Waals surface area (Å²) in [4.78, 5) is 12.4. The number of rotatable bonds is 5. The zero-order chi connectivity index (χ0) is 12.8. The van der Waals surface area contributed by atoms with Crippen molar-refractivity contribution in [3.05, 3.63) is 42.1 Å². The molecule has 1 aromatic carbocycles. The van der Waals surface area contributed by atoms with Crippen LogP contribution in [0.15, 0.2) is 47.0 Å². The molecule has 0 bridgehead atoms. The molecule has 0 fully saturated rings. The summed E-state index contributed by atoms with van der Waals surface area (Å²) in [6.07, 6.45) is 3.80. The summed E-state index contributed by atoms with van der Waals surface area (Å²) in [7, 11) is 0. The quantitative estimate of drug-likeness (QED) is 0.654. The van der Waals surface area contributed by atoms with Crippen molar-refractivity contribution in [1.29, 1.82) is 0 Å². The van der Waals surface area contributed by atoms with Gasteiger partial charge in [0.25, 0.3) is 0 Å². The average Bonchev–Trinajstić information content (AvgIpc) is 2.40. The fourth-order valence-electron chi connectivity index (χ4n) is 1.89.